The van der Waals surface area contributed by atoms with Crippen LogP contribution in [-0.4, -0.2) is 16.6 Å². The highest BCUT2D eigenvalue weighted by molar-refractivity contribution is 6.35. The molecular formula is CH7N2O3Si. The maximum absolute atomic E-state index is 4.61. The van der Waals surface area contributed by atoms with Crippen LogP contribution in [0.1, 0.15) is 0 Å². The molecule has 1 radical (unpaired) electrons. The highest BCUT2D eigenvalue weighted by atomic mass is 28.3. The van der Waals surface area contributed by atoms with E-state index in [9.17, 15) is 0 Å². The minimum Gasteiger partial charge on any atom is -0.373 e. The minimum atomic E-state index is -1.81. The molecule has 0 amide bonds. The van der Waals surface area contributed by atoms with Gasteiger partial charge in [0, 0.05) is 7.11 Å². The Morgan fingerprint density at radius 3 is 1.71 bits per heavy atom. The van der Waals surface area contributed by atoms with Gasteiger partial charge < -0.3 is 4.43 Å². The van der Waals surface area contributed by atoms with Crippen LogP contribution in [0.25, 0.3) is 0 Å². The van der Waals surface area contributed by atoms with E-state index >= 15 is 0 Å². The number of hydrogen-bond donors (Lipinski definition) is 2. The monoisotopic (exact) mass is 123 g/mol. The quantitative estimate of drug-likeness (QED) is 0.349. The fraction of sp³-hybridized carbons (Fsp3) is 1.00. The van der Waals surface area contributed by atoms with Crippen LogP contribution in [0.2, 0.25) is 0 Å². The van der Waals surface area contributed by atoms with Gasteiger partial charge in [-0.25, -0.2) is 11.8 Å². The van der Waals surface area contributed by atoms with Gasteiger partial charge in [0.15, 0.2) is 0 Å². The first-order valence-corrected chi connectivity index (χ1v) is 2.72. The summed E-state index contributed by atoms with van der Waals surface area (Å²) < 4.78 is 12.6. The SMILES string of the molecule is CO[Si](ON)ON. The number of rotatable bonds is 3. The summed E-state index contributed by atoms with van der Waals surface area (Å²) in [4.78, 5) is 0. The molecule has 0 aliphatic rings. The highest BCUT2D eigenvalue weighted by Gasteiger charge is 2.12. The molecule has 0 saturated carbocycles. The van der Waals surface area contributed by atoms with Gasteiger partial charge >= 0.3 is 9.53 Å². The molecule has 0 aliphatic carbocycles. The highest BCUT2D eigenvalue weighted by Crippen LogP contribution is 1.76. The molecule has 0 atom stereocenters. The molecular weight excluding hydrogens is 116 g/mol. The third-order valence-corrected chi connectivity index (χ3v) is 1.08. The molecule has 4 N–H and O–H groups in total. The lowest BCUT2D eigenvalue weighted by Gasteiger charge is -2.00. The van der Waals surface area contributed by atoms with Crippen molar-refractivity contribution in [2.75, 3.05) is 7.11 Å². The van der Waals surface area contributed by atoms with Crippen molar-refractivity contribution in [1.29, 1.82) is 0 Å². The van der Waals surface area contributed by atoms with Gasteiger partial charge in [-0.2, -0.15) is 0 Å². The molecule has 0 unspecified atom stereocenters. The Morgan fingerprint density at radius 1 is 1.29 bits per heavy atom. The van der Waals surface area contributed by atoms with Crippen molar-refractivity contribution in [2.24, 2.45) is 11.8 Å². The lowest BCUT2D eigenvalue weighted by atomic mass is 11.8. The van der Waals surface area contributed by atoms with Gasteiger partial charge in [0.2, 0.25) is 0 Å². The summed E-state index contributed by atoms with van der Waals surface area (Å²) in [6.07, 6.45) is 0. The summed E-state index contributed by atoms with van der Waals surface area (Å²) in [5.41, 5.74) is 0. The van der Waals surface area contributed by atoms with Crippen LogP contribution in [-0.2, 0) is 13.5 Å². The van der Waals surface area contributed by atoms with Crippen molar-refractivity contribution in [3.63, 3.8) is 0 Å². The van der Waals surface area contributed by atoms with Crippen molar-refractivity contribution < 1.29 is 13.5 Å². The normalized spacial score (nSPS) is 10.3. The molecule has 0 fully saturated rings. The third kappa shape index (κ3) is 2.68. The van der Waals surface area contributed by atoms with Gasteiger partial charge in [0.05, 0.1) is 0 Å². The standard InChI is InChI=1S/CH7N2O3Si/c1-4-7(5-2)6-3/h2-3H2,1H3. The van der Waals surface area contributed by atoms with Gasteiger partial charge in [-0.3, -0.25) is 9.05 Å². The summed E-state index contributed by atoms with van der Waals surface area (Å²) >= 11 is 0. The molecule has 0 bridgehead atoms. The van der Waals surface area contributed by atoms with Crippen molar-refractivity contribution in [2.45, 2.75) is 0 Å². The maximum atomic E-state index is 4.61. The Labute approximate surface area is 43.0 Å². The molecule has 0 aromatic rings. The van der Waals surface area contributed by atoms with Crippen molar-refractivity contribution in [3.05, 3.63) is 0 Å². The van der Waals surface area contributed by atoms with Crippen LogP contribution in [0, 0.1) is 0 Å². The molecule has 0 aromatic carbocycles. The van der Waals surface area contributed by atoms with Gasteiger partial charge in [0.1, 0.15) is 0 Å². The van der Waals surface area contributed by atoms with Gasteiger partial charge in [-0.05, 0) is 0 Å². The second-order valence-electron chi connectivity index (χ2n) is 0.690. The lowest BCUT2D eigenvalue weighted by molar-refractivity contribution is 0.114. The van der Waals surface area contributed by atoms with E-state index in [1.165, 1.54) is 7.11 Å². The topological polar surface area (TPSA) is 79.7 Å². The molecule has 0 aromatic heterocycles. The molecule has 0 saturated heterocycles. The number of nitrogens with two attached hydrogens (primary N) is 2. The average molecular weight is 123 g/mol. The van der Waals surface area contributed by atoms with E-state index < -0.39 is 9.53 Å². The van der Waals surface area contributed by atoms with Gasteiger partial charge in [-0.1, -0.05) is 0 Å². The van der Waals surface area contributed by atoms with E-state index in [0.29, 0.717) is 0 Å². The van der Waals surface area contributed by atoms with Crippen LogP contribution in [0.5, 0.6) is 0 Å². The van der Waals surface area contributed by atoms with Gasteiger partial charge in [-0.15, -0.1) is 0 Å². The van der Waals surface area contributed by atoms with E-state index in [4.69, 9.17) is 0 Å². The summed E-state index contributed by atoms with van der Waals surface area (Å²) in [7, 11) is -0.410. The zero-order valence-corrected chi connectivity index (χ0v) is 4.88. The van der Waals surface area contributed by atoms with Crippen LogP contribution in [0.4, 0.5) is 0 Å². The predicted octanol–water partition coefficient (Wildman–Crippen LogP) is -1.60. The summed E-state index contributed by atoms with van der Waals surface area (Å²) in [6, 6.07) is 0. The predicted molar refractivity (Wildman–Crippen MR) is 23.3 cm³/mol. The van der Waals surface area contributed by atoms with Crippen LogP contribution < -0.4 is 11.8 Å². The van der Waals surface area contributed by atoms with Crippen LogP contribution >= 0.6 is 0 Å². The Bertz CT molecular complexity index is 34.4. The van der Waals surface area contributed by atoms with Crippen molar-refractivity contribution in [3.8, 4) is 0 Å². The fourth-order valence-electron chi connectivity index (χ4n) is 0.124. The molecule has 6 heteroatoms. The Kier molecular flexibility index (Phi) is 4.19. The molecule has 7 heavy (non-hydrogen) atoms. The van der Waals surface area contributed by atoms with E-state index in [1.807, 2.05) is 0 Å². The van der Waals surface area contributed by atoms with Crippen molar-refractivity contribution in [1.82, 2.24) is 0 Å². The fourth-order valence-corrected chi connectivity index (χ4v) is 0.372. The first kappa shape index (κ1) is 7.02. The van der Waals surface area contributed by atoms with Gasteiger partial charge in [0.25, 0.3) is 0 Å². The average Bonchev–Trinajstić information content (AvgIpc) is 1.72. The molecule has 5 nitrogen and oxygen atoms in total. The molecule has 0 heterocycles. The zero-order valence-electron chi connectivity index (χ0n) is 3.88. The van der Waals surface area contributed by atoms with E-state index in [0.717, 1.165) is 0 Å². The second kappa shape index (κ2) is 4.18. The minimum absolute atomic E-state index is 1.40. The summed E-state index contributed by atoms with van der Waals surface area (Å²) in [5.74, 6) is 9.22. The second-order valence-corrected chi connectivity index (χ2v) is 2.07. The van der Waals surface area contributed by atoms with E-state index in [1.54, 1.807) is 0 Å². The smallest absolute Gasteiger partial charge is 0.373 e. The zero-order chi connectivity index (χ0) is 5.70. The Morgan fingerprint density at radius 2 is 1.71 bits per heavy atom. The number of hydrogen-bond acceptors (Lipinski definition) is 5. The summed E-state index contributed by atoms with van der Waals surface area (Å²) in [5, 5.41) is 0. The van der Waals surface area contributed by atoms with E-state index in [-0.39, 0.29) is 0 Å². The Hall–Kier alpha value is 0.0169. The van der Waals surface area contributed by atoms with Crippen LogP contribution in [0.3, 0.4) is 0 Å². The Balaban J connectivity index is 2.99. The van der Waals surface area contributed by atoms with Crippen LogP contribution in [0.15, 0.2) is 0 Å². The lowest BCUT2D eigenvalue weighted by Crippen LogP contribution is -2.31. The first-order chi connectivity index (χ1) is 3.35. The van der Waals surface area contributed by atoms with E-state index in [2.05, 4.69) is 25.3 Å². The van der Waals surface area contributed by atoms with Crippen molar-refractivity contribution >= 4 is 9.53 Å². The molecule has 43 valence electrons. The largest absolute Gasteiger partial charge is 0.613 e. The molecule has 0 rings (SSSR count). The maximum Gasteiger partial charge on any atom is 0.613 e. The molecule has 0 aliphatic heterocycles. The molecule has 0 spiro atoms. The third-order valence-electron chi connectivity index (χ3n) is 0.359. The first-order valence-electron chi connectivity index (χ1n) is 1.49. The summed E-state index contributed by atoms with van der Waals surface area (Å²) in [6.45, 7) is 0.